The number of urea groups is 1. The number of amides is 3. The van der Waals surface area contributed by atoms with Crippen LogP contribution < -0.4 is 16.0 Å². The summed E-state index contributed by atoms with van der Waals surface area (Å²) in [7, 11) is 0. The molecule has 0 radical (unpaired) electrons. The minimum Gasteiger partial charge on any atom is -0.352 e. The SMILES string of the molecule is CCCNC(=O)c1ccccc1NC(=O)Nc1ccc(Cl)c(Cl)c1. The zero-order valence-electron chi connectivity index (χ0n) is 13.0. The molecule has 2 aromatic carbocycles. The summed E-state index contributed by atoms with van der Waals surface area (Å²) in [5.41, 5.74) is 1.31. The maximum absolute atomic E-state index is 12.1. The Balaban J connectivity index is 2.08. The minimum absolute atomic E-state index is 0.234. The summed E-state index contributed by atoms with van der Waals surface area (Å²) in [5.74, 6) is -0.234. The number of rotatable bonds is 5. The smallest absolute Gasteiger partial charge is 0.323 e. The van der Waals surface area contributed by atoms with Crippen molar-refractivity contribution >= 4 is 46.5 Å². The number of halogens is 2. The fraction of sp³-hybridized carbons (Fsp3) is 0.176. The normalized spacial score (nSPS) is 10.1. The number of anilines is 2. The molecule has 0 aromatic heterocycles. The van der Waals surface area contributed by atoms with Crippen molar-refractivity contribution in [2.24, 2.45) is 0 Å². The van der Waals surface area contributed by atoms with Gasteiger partial charge in [0.25, 0.3) is 5.91 Å². The van der Waals surface area contributed by atoms with Gasteiger partial charge in [-0.3, -0.25) is 4.79 Å². The predicted octanol–water partition coefficient (Wildman–Crippen LogP) is 4.78. The van der Waals surface area contributed by atoms with Crippen LogP contribution in [0.3, 0.4) is 0 Å². The van der Waals surface area contributed by atoms with Crippen LogP contribution in [0, 0.1) is 0 Å². The number of carbonyl (C=O) groups excluding carboxylic acids is 2. The summed E-state index contributed by atoms with van der Waals surface area (Å²) in [6, 6.07) is 11.1. The summed E-state index contributed by atoms with van der Waals surface area (Å²) >= 11 is 11.8. The molecule has 0 saturated carbocycles. The number of hydrogen-bond donors (Lipinski definition) is 3. The fourth-order valence-electron chi connectivity index (χ4n) is 1.98. The second-order valence-electron chi connectivity index (χ2n) is 5.01. The van der Waals surface area contributed by atoms with E-state index in [0.29, 0.717) is 33.5 Å². The van der Waals surface area contributed by atoms with E-state index in [4.69, 9.17) is 23.2 Å². The second kappa shape index (κ2) is 8.57. The highest BCUT2D eigenvalue weighted by molar-refractivity contribution is 6.42. The zero-order valence-corrected chi connectivity index (χ0v) is 14.5. The van der Waals surface area contributed by atoms with E-state index in [9.17, 15) is 9.59 Å². The fourth-order valence-corrected chi connectivity index (χ4v) is 2.28. The highest BCUT2D eigenvalue weighted by atomic mass is 35.5. The van der Waals surface area contributed by atoms with Crippen LogP contribution in [0.5, 0.6) is 0 Å². The molecule has 2 rings (SSSR count). The maximum atomic E-state index is 12.1. The lowest BCUT2D eigenvalue weighted by molar-refractivity contribution is 0.0954. The van der Waals surface area contributed by atoms with E-state index < -0.39 is 6.03 Å². The van der Waals surface area contributed by atoms with Crippen LogP contribution in [0.25, 0.3) is 0 Å². The molecule has 24 heavy (non-hydrogen) atoms. The molecule has 0 fully saturated rings. The van der Waals surface area contributed by atoms with E-state index in [-0.39, 0.29) is 5.91 Å². The molecule has 0 bridgehead atoms. The van der Waals surface area contributed by atoms with E-state index in [1.165, 1.54) is 0 Å². The van der Waals surface area contributed by atoms with Crippen LogP contribution in [-0.4, -0.2) is 18.5 Å². The lowest BCUT2D eigenvalue weighted by Gasteiger charge is -2.12. The first-order valence-corrected chi connectivity index (χ1v) is 8.17. The molecule has 0 aliphatic heterocycles. The number of benzene rings is 2. The molecule has 7 heteroatoms. The predicted molar refractivity (Wildman–Crippen MR) is 98.2 cm³/mol. The summed E-state index contributed by atoms with van der Waals surface area (Å²) in [4.78, 5) is 24.3. The molecule has 0 saturated heterocycles. The topological polar surface area (TPSA) is 70.2 Å². The van der Waals surface area contributed by atoms with Crippen molar-refractivity contribution in [1.29, 1.82) is 0 Å². The Morgan fingerprint density at radius 2 is 1.75 bits per heavy atom. The van der Waals surface area contributed by atoms with Gasteiger partial charge >= 0.3 is 6.03 Å². The molecule has 3 amide bonds. The molecule has 0 aliphatic rings. The molecule has 0 aliphatic carbocycles. The van der Waals surface area contributed by atoms with Gasteiger partial charge in [-0.2, -0.15) is 0 Å². The molecule has 126 valence electrons. The van der Waals surface area contributed by atoms with E-state index >= 15 is 0 Å². The third-order valence-corrected chi connectivity index (χ3v) is 3.87. The van der Waals surface area contributed by atoms with Gasteiger partial charge in [0.2, 0.25) is 0 Å². The van der Waals surface area contributed by atoms with Gasteiger partial charge in [-0.25, -0.2) is 4.79 Å². The Morgan fingerprint density at radius 1 is 1.00 bits per heavy atom. The molecular formula is C17H17Cl2N3O2. The van der Waals surface area contributed by atoms with Crippen LogP contribution in [0.4, 0.5) is 16.2 Å². The Hall–Kier alpha value is -2.24. The number of carbonyl (C=O) groups is 2. The monoisotopic (exact) mass is 365 g/mol. The summed E-state index contributed by atoms with van der Waals surface area (Å²) in [6.07, 6.45) is 0.832. The highest BCUT2D eigenvalue weighted by Gasteiger charge is 2.12. The maximum Gasteiger partial charge on any atom is 0.323 e. The first-order chi connectivity index (χ1) is 11.5. The average Bonchev–Trinajstić information content (AvgIpc) is 2.56. The van der Waals surface area contributed by atoms with Crippen LogP contribution in [0.15, 0.2) is 42.5 Å². The molecule has 0 atom stereocenters. The summed E-state index contributed by atoms with van der Waals surface area (Å²) in [5, 5.41) is 8.83. The molecule has 2 aromatic rings. The van der Waals surface area contributed by atoms with Gasteiger partial charge in [0.15, 0.2) is 0 Å². The van der Waals surface area contributed by atoms with Crippen molar-refractivity contribution < 1.29 is 9.59 Å². The molecule has 0 spiro atoms. The highest BCUT2D eigenvalue weighted by Crippen LogP contribution is 2.25. The van der Waals surface area contributed by atoms with E-state index in [1.807, 2.05) is 6.92 Å². The van der Waals surface area contributed by atoms with Crippen molar-refractivity contribution in [1.82, 2.24) is 5.32 Å². The number of hydrogen-bond acceptors (Lipinski definition) is 2. The van der Waals surface area contributed by atoms with Crippen LogP contribution >= 0.6 is 23.2 Å². The zero-order chi connectivity index (χ0) is 17.5. The molecule has 3 N–H and O–H groups in total. The Bertz CT molecular complexity index is 750. The molecule has 0 unspecified atom stereocenters. The molecule has 0 heterocycles. The Kier molecular flexibility index (Phi) is 6.46. The molecule has 5 nitrogen and oxygen atoms in total. The van der Waals surface area contributed by atoms with Gasteiger partial charge < -0.3 is 16.0 Å². The quantitative estimate of drug-likeness (QED) is 0.713. The number of para-hydroxylation sites is 1. The van der Waals surface area contributed by atoms with Gasteiger partial charge in [-0.1, -0.05) is 42.3 Å². The summed E-state index contributed by atoms with van der Waals surface area (Å²) in [6.45, 7) is 2.54. The average molecular weight is 366 g/mol. The third-order valence-electron chi connectivity index (χ3n) is 3.13. The second-order valence-corrected chi connectivity index (χ2v) is 5.82. The van der Waals surface area contributed by atoms with Gasteiger partial charge in [-0.05, 0) is 36.8 Å². The Morgan fingerprint density at radius 3 is 2.46 bits per heavy atom. The largest absolute Gasteiger partial charge is 0.352 e. The lowest BCUT2D eigenvalue weighted by atomic mass is 10.1. The van der Waals surface area contributed by atoms with E-state index in [0.717, 1.165) is 6.42 Å². The summed E-state index contributed by atoms with van der Waals surface area (Å²) < 4.78 is 0. The van der Waals surface area contributed by atoms with Crippen LogP contribution in [0.2, 0.25) is 10.0 Å². The van der Waals surface area contributed by atoms with E-state index in [1.54, 1.807) is 42.5 Å². The third kappa shape index (κ3) is 4.88. The van der Waals surface area contributed by atoms with Crippen molar-refractivity contribution in [3.05, 3.63) is 58.1 Å². The van der Waals surface area contributed by atoms with Crippen molar-refractivity contribution in [3.63, 3.8) is 0 Å². The minimum atomic E-state index is -0.482. The van der Waals surface area contributed by atoms with E-state index in [2.05, 4.69) is 16.0 Å². The first-order valence-electron chi connectivity index (χ1n) is 7.41. The van der Waals surface area contributed by atoms with Gasteiger partial charge in [-0.15, -0.1) is 0 Å². The number of nitrogens with one attached hydrogen (secondary N) is 3. The Labute approximate surface area is 150 Å². The standard InChI is InChI=1S/C17H17Cl2N3O2/c1-2-9-20-16(23)12-5-3-4-6-15(12)22-17(24)21-11-7-8-13(18)14(19)10-11/h3-8,10H,2,9H2,1H3,(H,20,23)(H2,21,22,24). The van der Waals surface area contributed by atoms with Gasteiger partial charge in [0, 0.05) is 12.2 Å². The first kappa shape index (κ1) is 18.1. The van der Waals surface area contributed by atoms with Crippen molar-refractivity contribution in [3.8, 4) is 0 Å². The van der Waals surface area contributed by atoms with Crippen molar-refractivity contribution in [2.45, 2.75) is 13.3 Å². The lowest BCUT2D eigenvalue weighted by Crippen LogP contribution is -2.27. The van der Waals surface area contributed by atoms with Gasteiger partial charge in [0.05, 0.1) is 21.3 Å². The molecular weight excluding hydrogens is 349 g/mol. The van der Waals surface area contributed by atoms with Gasteiger partial charge in [0.1, 0.15) is 0 Å². The van der Waals surface area contributed by atoms with Crippen molar-refractivity contribution in [2.75, 3.05) is 17.2 Å². The van der Waals surface area contributed by atoms with Crippen LogP contribution in [0.1, 0.15) is 23.7 Å². The van der Waals surface area contributed by atoms with Crippen LogP contribution in [-0.2, 0) is 0 Å².